The summed E-state index contributed by atoms with van der Waals surface area (Å²) in [6.07, 6.45) is 6.51. The highest BCUT2D eigenvalue weighted by atomic mass is 19.1. The maximum Gasteiger partial charge on any atom is 0.497 e. The topological polar surface area (TPSA) is 36.9 Å². The molecule has 3 aliphatic rings. The van der Waals surface area contributed by atoms with E-state index < -0.39 is 18.3 Å². The molecular weight excluding hydrogens is 346 g/mol. The minimum Gasteiger partial charge on any atom is -0.490 e. The van der Waals surface area contributed by atoms with E-state index in [1.807, 2.05) is 33.8 Å². The maximum absolute atomic E-state index is 14.8. The molecule has 0 bridgehead atoms. The van der Waals surface area contributed by atoms with Crippen molar-refractivity contribution in [2.24, 2.45) is 0 Å². The van der Waals surface area contributed by atoms with E-state index in [2.05, 4.69) is 0 Å². The van der Waals surface area contributed by atoms with Gasteiger partial charge in [0, 0.05) is 24.4 Å². The van der Waals surface area contributed by atoms with Gasteiger partial charge in [-0.05, 0) is 46.6 Å². The van der Waals surface area contributed by atoms with E-state index >= 15 is 0 Å². The van der Waals surface area contributed by atoms with Crippen LogP contribution in [-0.2, 0) is 14.0 Å². The summed E-state index contributed by atoms with van der Waals surface area (Å²) in [6.45, 7) is 8.58. The molecule has 4 rings (SSSR count). The van der Waals surface area contributed by atoms with Crippen LogP contribution in [0.25, 0.3) is 0 Å². The van der Waals surface area contributed by atoms with E-state index in [1.165, 1.54) is 18.9 Å². The molecule has 148 valence electrons. The second-order valence-electron chi connectivity index (χ2n) is 9.24. The lowest BCUT2D eigenvalue weighted by molar-refractivity contribution is -0.108. The SMILES string of the molecule is CC1(C)OB(c2ccc(OC3CCOC4(CCCC4)C3)cc2F)OC1(C)C. The Balaban J connectivity index is 1.45. The molecule has 0 radical (unpaired) electrons. The minimum absolute atomic E-state index is 0.00983. The summed E-state index contributed by atoms with van der Waals surface area (Å²) in [5.41, 5.74) is -0.571. The third-order valence-electron chi connectivity index (χ3n) is 6.74. The van der Waals surface area contributed by atoms with Crippen molar-refractivity contribution in [3.05, 3.63) is 24.0 Å². The Hall–Kier alpha value is -1.11. The fourth-order valence-electron chi connectivity index (χ4n) is 4.39. The lowest BCUT2D eigenvalue weighted by atomic mass is 9.78. The zero-order valence-corrected chi connectivity index (χ0v) is 16.8. The zero-order chi connectivity index (χ0) is 19.3. The number of halogens is 1. The summed E-state index contributed by atoms with van der Waals surface area (Å²) < 4.78 is 38.9. The van der Waals surface area contributed by atoms with Gasteiger partial charge in [-0.1, -0.05) is 18.9 Å². The first kappa shape index (κ1) is 19.2. The fourth-order valence-corrected chi connectivity index (χ4v) is 4.39. The van der Waals surface area contributed by atoms with E-state index in [0.717, 1.165) is 32.3 Å². The third-order valence-corrected chi connectivity index (χ3v) is 6.74. The van der Waals surface area contributed by atoms with Gasteiger partial charge in [0.25, 0.3) is 0 Å². The molecule has 1 unspecified atom stereocenters. The van der Waals surface area contributed by atoms with Crippen LogP contribution < -0.4 is 10.2 Å². The van der Waals surface area contributed by atoms with E-state index in [9.17, 15) is 4.39 Å². The van der Waals surface area contributed by atoms with Gasteiger partial charge in [0.15, 0.2) is 0 Å². The molecular formula is C21H30BFO4. The minimum atomic E-state index is -0.700. The molecule has 1 spiro atoms. The van der Waals surface area contributed by atoms with Crippen LogP contribution in [0.2, 0.25) is 0 Å². The van der Waals surface area contributed by atoms with Crippen molar-refractivity contribution in [2.45, 2.75) is 89.1 Å². The largest absolute Gasteiger partial charge is 0.497 e. The Morgan fingerprint density at radius 1 is 1.07 bits per heavy atom. The van der Waals surface area contributed by atoms with Gasteiger partial charge in [0.2, 0.25) is 0 Å². The smallest absolute Gasteiger partial charge is 0.490 e. The summed E-state index contributed by atoms with van der Waals surface area (Å²) >= 11 is 0. The van der Waals surface area contributed by atoms with Gasteiger partial charge in [-0.25, -0.2) is 4.39 Å². The number of rotatable bonds is 3. The highest BCUT2D eigenvalue weighted by Crippen LogP contribution is 2.41. The van der Waals surface area contributed by atoms with Crippen molar-refractivity contribution in [1.82, 2.24) is 0 Å². The van der Waals surface area contributed by atoms with Gasteiger partial charge >= 0.3 is 7.12 Å². The predicted octanol–water partition coefficient (Wildman–Crippen LogP) is 4.00. The van der Waals surface area contributed by atoms with Crippen molar-refractivity contribution >= 4 is 12.6 Å². The Morgan fingerprint density at radius 2 is 1.74 bits per heavy atom. The van der Waals surface area contributed by atoms with Crippen molar-refractivity contribution in [3.8, 4) is 5.75 Å². The molecule has 6 heteroatoms. The van der Waals surface area contributed by atoms with Crippen molar-refractivity contribution in [1.29, 1.82) is 0 Å². The average molecular weight is 376 g/mol. The molecule has 0 aromatic heterocycles. The van der Waals surface area contributed by atoms with Crippen molar-refractivity contribution in [3.63, 3.8) is 0 Å². The van der Waals surface area contributed by atoms with Crippen LogP contribution in [0.5, 0.6) is 5.75 Å². The average Bonchev–Trinajstić information content (AvgIpc) is 3.09. The molecule has 1 saturated carbocycles. The standard InChI is InChI=1S/C21H30BFO4/c1-19(2)20(3,4)27-22(26-19)17-8-7-15(13-18(17)23)25-16-9-12-24-21(14-16)10-5-6-11-21/h7-8,13,16H,5-6,9-12,14H2,1-4H3. The maximum atomic E-state index is 14.8. The van der Waals surface area contributed by atoms with Gasteiger partial charge in [-0.2, -0.15) is 0 Å². The summed E-state index contributed by atoms with van der Waals surface area (Å²) in [6, 6.07) is 4.99. The molecule has 1 aromatic rings. The first-order valence-corrected chi connectivity index (χ1v) is 10.2. The van der Waals surface area contributed by atoms with E-state index in [0.29, 0.717) is 11.2 Å². The van der Waals surface area contributed by atoms with Gasteiger partial charge < -0.3 is 18.8 Å². The summed E-state index contributed by atoms with van der Waals surface area (Å²) in [4.78, 5) is 0. The normalized spacial score (nSPS) is 28.6. The van der Waals surface area contributed by atoms with Gasteiger partial charge in [0.1, 0.15) is 17.7 Å². The molecule has 27 heavy (non-hydrogen) atoms. The van der Waals surface area contributed by atoms with E-state index in [1.54, 1.807) is 6.07 Å². The number of ether oxygens (including phenoxy) is 2. The second kappa shape index (κ2) is 6.75. The number of hydrogen-bond donors (Lipinski definition) is 0. The first-order chi connectivity index (χ1) is 12.7. The zero-order valence-electron chi connectivity index (χ0n) is 16.8. The highest BCUT2D eigenvalue weighted by molar-refractivity contribution is 6.62. The van der Waals surface area contributed by atoms with Crippen LogP contribution >= 0.6 is 0 Å². The Morgan fingerprint density at radius 3 is 2.37 bits per heavy atom. The lowest BCUT2D eigenvalue weighted by Crippen LogP contribution is -2.41. The fraction of sp³-hybridized carbons (Fsp3) is 0.714. The van der Waals surface area contributed by atoms with Crippen molar-refractivity contribution < 1.29 is 23.2 Å². The van der Waals surface area contributed by atoms with E-state index in [-0.39, 0.29) is 17.5 Å². The molecule has 2 aliphatic heterocycles. The monoisotopic (exact) mass is 376 g/mol. The van der Waals surface area contributed by atoms with Gasteiger partial charge in [-0.15, -0.1) is 0 Å². The van der Waals surface area contributed by atoms with E-state index in [4.69, 9.17) is 18.8 Å². The third kappa shape index (κ3) is 3.64. The summed E-state index contributed by atoms with van der Waals surface area (Å²) in [5.74, 6) is 0.210. The molecule has 4 nitrogen and oxygen atoms in total. The number of benzene rings is 1. The van der Waals surface area contributed by atoms with Crippen LogP contribution in [0.1, 0.15) is 66.2 Å². The van der Waals surface area contributed by atoms with Crippen LogP contribution in [0, 0.1) is 5.82 Å². The van der Waals surface area contributed by atoms with Crippen LogP contribution in [0.3, 0.4) is 0 Å². The quantitative estimate of drug-likeness (QED) is 0.748. The van der Waals surface area contributed by atoms with Crippen LogP contribution in [0.4, 0.5) is 4.39 Å². The molecule has 0 amide bonds. The Bertz CT molecular complexity index is 683. The Labute approximate surface area is 161 Å². The van der Waals surface area contributed by atoms with Crippen LogP contribution in [0.15, 0.2) is 18.2 Å². The first-order valence-electron chi connectivity index (χ1n) is 10.2. The molecule has 3 fully saturated rings. The molecule has 1 atom stereocenters. The molecule has 1 aliphatic carbocycles. The summed E-state index contributed by atoms with van der Waals surface area (Å²) in [5, 5.41) is 0. The summed E-state index contributed by atoms with van der Waals surface area (Å²) in [7, 11) is -0.700. The molecule has 0 N–H and O–H groups in total. The van der Waals surface area contributed by atoms with Gasteiger partial charge in [-0.3, -0.25) is 0 Å². The van der Waals surface area contributed by atoms with Crippen molar-refractivity contribution in [2.75, 3.05) is 6.61 Å². The van der Waals surface area contributed by atoms with Gasteiger partial charge in [0.05, 0.1) is 23.4 Å². The highest BCUT2D eigenvalue weighted by Gasteiger charge is 2.52. The Kier molecular flexibility index (Phi) is 4.80. The van der Waals surface area contributed by atoms with Crippen LogP contribution in [-0.4, -0.2) is 36.6 Å². The molecule has 2 saturated heterocycles. The molecule has 1 aromatic carbocycles. The second-order valence-corrected chi connectivity index (χ2v) is 9.24. The lowest BCUT2D eigenvalue weighted by Gasteiger charge is -2.38. The predicted molar refractivity (Wildman–Crippen MR) is 103 cm³/mol. The molecule has 2 heterocycles. The number of hydrogen-bond acceptors (Lipinski definition) is 4.